The van der Waals surface area contributed by atoms with E-state index in [9.17, 15) is 14.4 Å². The third-order valence-electron chi connectivity index (χ3n) is 2.63. The van der Waals surface area contributed by atoms with Crippen molar-refractivity contribution in [3.63, 3.8) is 0 Å². The van der Waals surface area contributed by atoms with E-state index in [4.69, 9.17) is 4.74 Å². The maximum absolute atomic E-state index is 11.7. The van der Waals surface area contributed by atoms with Crippen LogP contribution < -0.4 is 16.6 Å². The maximum Gasteiger partial charge on any atom is 0.325 e. The second-order valence-corrected chi connectivity index (χ2v) is 4.46. The quantitative estimate of drug-likeness (QED) is 0.666. The number of rotatable bonds is 5. The lowest BCUT2D eigenvalue weighted by molar-refractivity contribution is 0.0160. The summed E-state index contributed by atoms with van der Waals surface area (Å²) in [4.78, 5) is 38.0. The molecule has 3 N–H and O–H groups in total. The lowest BCUT2D eigenvalue weighted by Crippen LogP contribution is -2.36. The molecule has 0 spiro atoms. The molecule has 1 aromatic rings. The van der Waals surface area contributed by atoms with E-state index in [1.165, 1.54) is 0 Å². The molecule has 0 aliphatic rings. The molecular weight excluding hydrogens is 238 g/mol. The van der Waals surface area contributed by atoms with Gasteiger partial charge in [0, 0.05) is 19.9 Å². The van der Waals surface area contributed by atoms with Crippen molar-refractivity contribution in [1.82, 2.24) is 15.3 Å². The van der Waals surface area contributed by atoms with Crippen LogP contribution in [-0.4, -0.2) is 35.1 Å². The minimum atomic E-state index is -0.706. The van der Waals surface area contributed by atoms with Crippen molar-refractivity contribution in [3.05, 3.63) is 32.6 Å². The van der Waals surface area contributed by atoms with Crippen molar-refractivity contribution in [2.45, 2.75) is 25.9 Å². The van der Waals surface area contributed by atoms with E-state index in [-0.39, 0.29) is 11.2 Å². The third-order valence-corrected chi connectivity index (χ3v) is 2.63. The Hall–Kier alpha value is -1.89. The van der Waals surface area contributed by atoms with Crippen LogP contribution in [0.1, 0.15) is 30.6 Å². The Morgan fingerprint density at radius 3 is 2.67 bits per heavy atom. The predicted octanol–water partition coefficient (Wildman–Crippen LogP) is -0.392. The first-order chi connectivity index (χ1) is 8.35. The van der Waals surface area contributed by atoms with E-state index in [0.717, 1.165) is 6.20 Å². The number of hydrogen-bond acceptors (Lipinski definition) is 4. The Morgan fingerprint density at radius 2 is 2.11 bits per heavy atom. The summed E-state index contributed by atoms with van der Waals surface area (Å²) in [5, 5.41) is 2.59. The second-order valence-electron chi connectivity index (χ2n) is 4.46. The van der Waals surface area contributed by atoms with Crippen molar-refractivity contribution in [2.24, 2.45) is 0 Å². The Balaban J connectivity index is 2.62. The topological polar surface area (TPSA) is 104 Å². The fraction of sp³-hybridized carbons (Fsp3) is 0.545. The number of ether oxygens (including phenoxy) is 1. The van der Waals surface area contributed by atoms with E-state index in [2.05, 4.69) is 10.3 Å². The van der Waals surface area contributed by atoms with Crippen molar-refractivity contribution in [2.75, 3.05) is 13.7 Å². The summed E-state index contributed by atoms with van der Waals surface area (Å²) in [6, 6.07) is 0. The number of methoxy groups -OCH3 is 1. The molecule has 0 saturated heterocycles. The van der Waals surface area contributed by atoms with Crippen LogP contribution in [0.25, 0.3) is 0 Å². The Bertz CT molecular complexity index is 530. The van der Waals surface area contributed by atoms with Crippen LogP contribution in [0.2, 0.25) is 0 Å². The number of aromatic nitrogens is 2. The van der Waals surface area contributed by atoms with Gasteiger partial charge in [-0.1, -0.05) is 0 Å². The van der Waals surface area contributed by atoms with Gasteiger partial charge in [0.1, 0.15) is 5.56 Å². The molecule has 0 bridgehead atoms. The van der Waals surface area contributed by atoms with Gasteiger partial charge in [-0.05, 0) is 20.3 Å². The Morgan fingerprint density at radius 1 is 1.44 bits per heavy atom. The molecule has 0 saturated carbocycles. The summed E-state index contributed by atoms with van der Waals surface area (Å²) < 4.78 is 5.20. The molecule has 1 rings (SSSR count). The zero-order chi connectivity index (χ0) is 13.8. The predicted molar refractivity (Wildman–Crippen MR) is 65.7 cm³/mol. The van der Waals surface area contributed by atoms with Gasteiger partial charge in [-0.3, -0.25) is 14.6 Å². The molecule has 0 radical (unpaired) electrons. The minimum Gasteiger partial charge on any atom is -0.379 e. The molecule has 1 amide bonds. The molecule has 0 fully saturated rings. The molecule has 1 aromatic heterocycles. The fourth-order valence-electron chi connectivity index (χ4n) is 1.25. The fourth-order valence-corrected chi connectivity index (χ4v) is 1.25. The molecule has 0 aromatic carbocycles. The zero-order valence-corrected chi connectivity index (χ0v) is 10.6. The van der Waals surface area contributed by atoms with Crippen molar-refractivity contribution < 1.29 is 9.53 Å². The summed E-state index contributed by atoms with van der Waals surface area (Å²) in [7, 11) is 1.59. The smallest absolute Gasteiger partial charge is 0.325 e. The van der Waals surface area contributed by atoms with Crippen LogP contribution in [0.3, 0.4) is 0 Å². The highest BCUT2D eigenvalue weighted by molar-refractivity contribution is 5.93. The molecule has 1 heterocycles. The van der Waals surface area contributed by atoms with Gasteiger partial charge in [0.25, 0.3) is 11.5 Å². The van der Waals surface area contributed by atoms with E-state index in [1.54, 1.807) is 7.11 Å². The lowest BCUT2D eigenvalue weighted by atomic mass is 10.1. The van der Waals surface area contributed by atoms with Gasteiger partial charge in [-0.15, -0.1) is 0 Å². The average Bonchev–Trinajstić information content (AvgIpc) is 2.28. The highest BCUT2D eigenvalue weighted by Crippen LogP contribution is 2.11. The molecule has 0 unspecified atom stereocenters. The van der Waals surface area contributed by atoms with Crippen LogP contribution in [0.5, 0.6) is 0 Å². The van der Waals surface area contributed by atoms with E-state index in [0.29, 0.717) is 13.0 Å². The first-order valence-corrected chi connectivity index (χ1v) is 5.51. The van der Waals surface area contributed by atoms with E-state index < -0.39 is 17.2 Å². The lowest BCUT2D eigenvalue weighted by Gasteiger charge is -2.22. The normalized spacial score (nSPS) is 11.3. The van der Waals surface area contributed by atoms with Crippen molar-refractivity contribution in [1.29, 1.82) is 0 Å². The van der Waals surface area contributed by atoms with Crippen LogP contribution >= 0.6 is 0 Å². The number of carbonyl (C=O) groups is 1. The number of aromatic amines is 2. The highest BCUT2D eigenvalue weighted by atomic mass is 16.5. The number of amides is 1. The van der Waals surface area contributed by atoms with Crippen LogP contribution in [0.15, 0.2) is 15.8 Å². The van der Waals surface area contributed by atoms with Crippen LogP contribution in [-0.2, 0) is 4.74 Å². The molecule has 0 aliphatic carbocycles. The monoisotopic (exact) mass is 255 g/mol. The average molecular weight is 255 g/mol. The largest absolute Gasteiger partial charge is 0.379 e. The molecular formula is C11H17N3O4. The second kappa shape index (κ2) is 5.63. The first-order valence-electron chi connectivity index (χ1n) is 5.51. The van der Waals surface area contributed by atoms with Gasteiger partial charge in [-0.25, -0.2) is 4.79 Å². The summed E-state index contributed by atoms with van der Waals surface area (Å²) in [5.74, 6) is -0.528. The summed E-state index contributed by atoms with van der Waals surface area (Å²) >= 11 is 0. The van der Waals surface area contributed by atoms with Gasteiger partial charge >= 0.3 is 5.69 Å². The van der Waals surface area contributed by atoms with E-state index in [1.807, 2.05) is 18.8 Å². The van der Waals surface area contributed by atoms with Gasteiger partial charge in [-0.2, -0.15) is 0 Å². The molecule has 18 heavy (non-hydrogen) atoms. The zero-order valence-electron chi connectivity index (χ0n) is 10.6. The molecule has 7 heteroatoms. The maximum atomic E-state index is 11.7. The van der Waals surface area contributed by atoms with Crippen molar-refractivity contribution in [3.8, 4) is 0 Å². The Labute approximate surface area is 104 Å². The molecule has 0 aliphatic heterocycles. The summed E-state index contributed by atoms with van der Waals surface area (Å²) in [6.07, 6.45) is 1.70. The van der Waals surface area contributed by atoms with E-state index >= 15 is 0 Å². The third kappa shape index (κ3) is 3.85. The molecule has 7 nitrogen and oxygen atoms in total. The number of carbonyl (C=O) groups excluding carboxylic acids is 1. The van der Waals surface area contributed by atoms with Gasteiger partial charge in [0.05, 0.1) is 5.60 Å². The summed E-state index contributed by atoms with van der Waals surface area (Å²) in [5.41, 5.74) is -1.81. The standard InChI is InChI=1S/C11H17N3O4/c1-11(2,18-3)4-5-12-8(15)7-6-13-10(17)14-9(7)16/h6H,4-5H2,1-3H3,(H,12,15)(H2,13,14,16,17). The SMILES string of the molecule is COC(C)(C)CCNC(=O)c1c[nH]c(=O)[nH]c1=O. The van der Waals surface area contributed by atoms with Gasteiger partial charge in [0.2, 0.25) is 0 Å². The van der Waals surface area contributed by atoms with Crippen LogP contribution in [0, 0.1) is 0 Å². The first kappa shape index (κ1) is 14.2. The Kier molecular flexibility index (Phi) is 4.43. The number of nitrogens with one attached hydrogen (secondary N) is 3. The molecule has 0 atom stereocenters. The van der Waals surface area contributed by atoms with Crippen molar-refractivity contribution >= 4 is 5.91 Å². The molecule has 100 valence electrons. The van der Waals surface area contributed by atoms with Crippen LogP contribution in [0.4, 0.5) is 0 Å². The van der Waals surface area contributed by atoms with Gasteiger partial charge < -0.3 is 15.0 Å². The van der Waals surface area contributed by atoms with Gasteiger partial charge in [0.15, 0.2) is 0 Å². The number of hydrogen-bond donors (Lipinski definition) is 3. The highest BCUT2D eigenvalue weighted by Gasteiger charge is 2.17. The number of H-pyrrole nitrogens is 2. The minimum absolute atomic E-state index is 0.121. The summed E-state index contributed by atoms with van der Waals surface area (Å²) in [6.45, 7) is 4.16.